The Balaban J connectivity index is 2.65. The van der Waals surface area contributed by atoms with Crippen molar-refractivity contribution in [3.05, 3.63) is 59.7 Å². The molecule has 0 nitrogen and oxygen atoms in total. The van der Waals surface area contributed by atoms with Crippen molar-refractivity contribution in [2.45, 2.75) is 5.88 Å². The highest BCUT2D eigenvalue weighted by molar-refractivity contribution is 6.17. The van der Waals surface area contributed by atoms with Crippen LogP contribution in [0.2, 0.25) is 0 Å². The van der Waals surface area contributed by atoms with Crippen LogP contribution in [-0.2, 0) is 5.88 Å². The molecule has 0 aliphatic heterocycles. The smallest absolute Gasteiger partial charge is 0.131 e. The van der Waals surface area contributed by atoms with E-state index in [1.807, 2.05) is 0 Å². The number of benzene rings is 2. The number of rotatable bonds is 2. The van der Waals surface area contributed by atoms with Gasteiger partial charge in [0.05, 0.1) is 5.88 Å². The molecule has 16 heavy (non-hydrogen) atoms. The Labute approximate surface area is 97.5 Å². The molecule has 0 spiro atoms. The van der Waals surface area contributed by atoms with Crippen LogP contribution in [0.25, 0.3) is 11.1 Å². The van der Waals surface area contributed by atoms with Gasteiger partial charge in [-0.3, -0.25) is 0 Å². The second-order valence-corrected chi connectivity index (χ2v) is 3.65. The molecule has 0 aliphatic rings. The zero-order valence-electron chi connectivity index (χ0n) is 8.38. The predicted molar refractivity (Wildman–Crippen MR) is 61.4 cm³/mol. The maximum atomic E-state index is 13.6. The Morgan fingerprint density at radius 1 is 0.812 bits per heavy atom. The molecule has 2 rings (SSSR count). The van der Waals surface area contributed by atoms with Crippen molar-refractivity contribution in [1.29, 1.82) is 0 Å². The van der Waals surface area contributed by atoms with Gasteiger partial charge >= 0.3 is 0 Å². The maximum Gasteiger partial charge on any atom is 0.131 e. The number of halogens is 3. The summed E-state index contributed by atoms with van der Waals surface area (Å²) in [5.41, 5.74) is 1.21. The molecule has 0 atom stereocenters. The van der Waals surface area contributed by atoms with Crippen LogP contribution >= 0.6 is 11.6 Å². The summed E-state index contributed by atoms with van der Waals surface area (Å²) in [5, 5.41) is 0. The lowest BCUT2D eigenvalue weighted by Crippen LogP contribution is -1.93. The van der Waals surface area contributed by atoms with Gasteiger partial charge in [0.2, 0.25) is 0 Å². The summed E-state index contributed by atoms with van der Waals surface area (Å²) < 4.78 is 27.0. The van der Waals surface area contributed by atoms with Crippen LogP contribution in [0.15, 0.2) is 42.5 Å². The van der Waals surface area contributed by atoms with E-state index in [1.54, 1.807) is 30.3 Å². The van der Waals surface area contributed by atoms with Crippen molar-refractivity contribution in [2.24, 2.45) is 0 Å². The van der Waals surface area contributed by atoms with Crippen LogP contribution in [0, 0.1) is 11.6 Å². The minimum atomic E-state index is -0.407. The third-order valence-electron chi connectivity index (χ3n) is 2.42. The van der Waals surface area contributed by atoms with Gasteiger partial charge in [-0.15, -0.1) is 11.6 Å². The number of hydrogen-bond acceptors (Lipinski definition) is 0. The molecule has 82 valence electrons. The van der Waals surface area contributed by atoms with Gasteiger partial charge in [-0.2, -0.15) is 0 Å². The minimum absolute atomic E-state index is 0.0241. The van der Waals surface area contributed by atoms with Gasteiger partial charge in [-0.05, 0) is 17.7 Å². The third-order valence-corrected chi connectivity index (χ3v) is 2.68. The van der Waals surface area contributed by atoms with E-state index in [4.69, 9.17) is 11.6 Å². The lowest BCUT2D eigenvalue weighted by atomic mass is 10.00. The largest absolute Gasteiger partial charge is 0.207 e. The Morgan fingerprint density at radius 3 is 2.12 bits per heavy atom. The first-order valence-corrected chi connectivity index (χ1v) is 5.35. The van der Waals surface area contributed by atoms with E-state index < -0.39 is 5.82 Å². The average Bonchev–Trinajstić information content (AvgIpc) is 2.29. The fraction of sp³-hybridized carbons (Fsp3) is 0.0769. The predicted octanol–water partition coefficient (Wildman–Crippen LogP) is 4.37. The lowest BCUT2D eigenvalue weighted by molar-refractivity contribution is 0.615. The van der Waals surface area contributed by atoms with Crippen molar-refractivity contribution in [3.63, 3.8) is 0 Å². The van der Waals surface area contributed by atoms with Crippen LogP contribution in [0.5, 0.6) is 0 Å². The summed E-state index contributed by atoms with van der Waals surface area (Å²) >= 11 is 5.68. The molecule has 0 unspecified atom stereocenters. The van der Waals surface area contributed by atoms with Gasteiger partial charge in [0.15, 0.2) is 0 Å². The highest BCUT2D eigenvalue weighted by Crippen LogP contribution is 2.28. The number of alkyl halides is 1. The molecular formula is C13H9ClF2. The van der Waals surface area contributed by atoms with E-state index in [0.717, 1.165) is 0 Å². The monoisotopic (exact) mass is 238 g/mol. The van der Waals surface area contributed by atoms with Crippen LogP contribution in [0.3, 0.4) is 0 Å². The zero-order chi connectivity index (χ0) is 11.5. The van der Waals surface area contributed by atoms with Crippen molar-refractivity contribution < 1.29 is 8.78 Å². The van der Waals surface area contributed by atoms with E-state index in [-0.39, 0.29) is 11.7 Å². The molecule has 0 radical (unpaired) electrons. The molecule has 0 bridgehead atoms. The summed E-state index contributed by atoms with van der Waals surface area (Å²) in [5.74, 6) is -0.758. The van der Waals surface area contributed by atoms with E-state index in [9.17, 15) is 8.78 Å². The summed E-state index contributed by atoms with van der Waals surface area (Å²) in [6.07, 6.45) is 0. The molecule has 0 N–H and O–H groups in total. The molecule has 2 aromatic carbocycles. The summed E-state index contributed by atoms with van der Waals surface area (Å²) in [7, 11) is 0. The molecule has 0 aromatic heterocycles. The standard InChI is InChI=1S/C13H9ClF2/c14-8-11-9(5-3-7-13(11)16)10-4-1-2-6-12(10)15/h1-7H,8H2. The average molecular weight is 239 g/mol. The zero-order valence-corrected chi connectivity index (χ0v) is 9.14. The third kappa shape index (κ3) is 1.93. The molecule has 0 saturated carbocycles. The highest BCUT2D eigenvalue weighted by atomic mass is 35.5. The normalized spacial score (nSPS) is 10.4. The highest BCUT2D eigenvalue weighted by Gasteiger charge is 2.11. The summed E-state index contributed by atoms with van der Waals surface area (Å²) in [6.45, 7) is 0. The maximum absolute atomic E-state index is 13.6. The molecule has 0 aliphatic carbocycles. The number of hydrogen-bond donors (Lipinski definition) is 0. The van der Waals surface area contributed by atoms with Crippen molar-refractivity contribution in [1.82, 2.24) is 0 Å². The lowest BCUT2D eigenvalue weighted by Gasteiger charge is -2.09. The molecule has 0 saturated heterocycles. The van der Waals surface area contributed by atoms with Gasteiger partial charge in [0.25, 0.3) is 0 Å². The molecule has 3 heteroatoms. The van der Waals surface area contributed by atoms with Crippen LogP contribution < -0.4 is 0 Å². The first kappa shape index (κ1) is 11.1. The van der Waals surface area contributed by atoms with E-state index in [2.05, 4.69) is 0 Å². The molecular weight excluding hydrogens is 230 g/mol. The van der Waals surface area contributed by atoms with Crippen molar-refractivity contribution >= 4 is 11.6 Å². The molecule has 0 fully saturated rings. The Morgan fingerprint density at radius 2 is 1.44 bits per heavy atom. The quantitative estimate of drug-likeness (QED) is 0.682. The van der Waals surface area contributed by atoms with Crippen LogP contribution in [0.4, 0.5) is 8.78 Å². The van der Waals surface area contributed by atoms with E-state index in [1.165, 1.54) is 12.1 Å². The van der Waals surface area contributed by atoms with E-state index in [0.29, 0.717) is 16.7 Å². The first-order valence-electron chi connectivity index (χ1n) is 4.82. The van der Waals surface area contributed by atoms with Gasteiger partial charge < -0.3 is 0 Å². The van der Waals surface area contributed by atoms with Crippen molar-refractivity contribution in [2.75, 3.05) is 0 Å². The second-order valence-electron chi connectivity index (χ2n) is 3.38. The van der Waals surface area contributed by atoms with Gasteiger partial charge in [-0.1, -0.05) is 30.3 Å². The topological polar surface area (TPSA) is 0 Å². The second kappa shape index (κ2) is 4.62. The molecule has 2 aromatic rings. The van der Waals surface area contributed by atoms with Crippen LogP contribution in [-0.4, -0.2) is 0 Å². The SMILES string of the molecule is Fc1ccccc1-c1cccc(F)c1CCl. The minimum Gasteiger partial charge on any atom is -0.207 e. The summed E-state index contributed by atoms with van der Waals surface area (Å²) in [6, 6.07) is 10.8. The first-order chi connectivity index (χ1) is 7.74. The summed E-state index contributed by atoms with van der Waals surface area (Å²) in [4.78, 5) is 0. The Hall–Kier alpha value is -1.41. The van der Waals surface area contributed by atoms with Gasteiger partial charge in [0, 0.05) is 11.1 Å². The Kier molecular flexibility index (Phi) is 3.20. The van der Waals surface area contributed by atoms with Gasteiger partial charge in [0.1, 0.15) is 11.6 Å². The van der Waals surface area contributed by atoms with E-state index >= 15 is 0 Å². The Bertz CT molecular complexity index is 509. The molecule has 0 amide bonds. The van der Waals surface area contributed by atoms with Gasteiger partial charge in [-0.25, -0.2) is 8.78 Å². The van der Waals surface area contributed by atoms with Crippen molar-refractivity contribution in [3.8, 4) is 11.1 Å². The fourth-order valence-corrected chi connectivity index (χ4v) is 1.90. The fourth-order valence-electron chi connectivity index (χ4n) is 1.63. The molecule has 0 heterocycles. The van der Waals surface area contributed by atoms with Crippen LogP contribution in [0.1, 0.15) is 5.56 Å².